The zero-order valence-electron chi connectivity index (χ0n) is 22.0. The van der Waals surface area contributed by atoms with Crippen LogP contribution in [-0.4, -0.2) is 67.8 Å². The molecule has 7 nitrogen and oxygen atoms in total. The number of nitrogens with zero attached hydrogens (tertiary/aromatic N) is 5. The van der Waals surface area contributed by atoms with Crippen LogP contribution in [0.4, 0.5) is 4.79 Å². The molecule has 192 valence electrons. The van der Waals surface area contributed by atoms with E-state index in [4.69, 9.17) is 9.97 Å². The van der Waals surface area contributed by atoms with Gasteiger partial charge in [-0.2, -0.15) is 0 Å². The molecule has 0 unspecified atom stereocenters. The maximum atomic E-state index is 14.1. The number of likely N-dealkylation sites (tertiary alicyclic amines) is 1. The van der Waals surface area contributed by atoms with Crippen LogP contribution in [0.2, 0.25) is 0 Å². The summed E-state index contributed by atoms with van der Waals surface area (Å²) in [5.41, 5.74) is 5.51. The van der Waals surface area contributed by atoms with Gasteiger partial charge in [-0.05, 0) is 61.8 Å². The van der Waals surface area contributed by atoms with Gasteiger partial charge in [-0.15, -0.1) is 0 Å². The Morgan fingerprint density at radius 2 is 1.51 bits per heavy atom. The highest BCUT2D eigenvalue weighted by atomic mass is 16.2. The third-order valence-electron chi connectivity index (χ3n) is 8.41. The summed E-state index contributed by atoms with van der Waals surface area (Å²) in [4.78, 5) is 43.4. The van der Waals surface area contributed by atoms with Gasteiger partial charge in [-0.1, -0.05) is 50.2 Å². The second-order valence-electron chi connectivity index (χ2n) is 11.3. The minimum Gasteiger partial charge on any atom is -0.309 e. The van der Waals surface area contributed by atoms with Crippen molar-refractivity contribution >= 4 is 23.0 Å². The number of urea groups is 1. The van der Waals surface area contributed by atoms with E-state index >= 15 is 0 Å². The third kappa shape index (κ3) is 4.09. The van der Waals surface area contributed by atoms with E-state index in [2.05, 4.69) is 30.9 Å². The quantitative estimate of drug-likeness (QED) is 0.490. The van der Waals surface area contributed by atoms with Crippen molar-refractivity contribution < 1.29 is 9.59 Å². The van der Waals surface area contributed by atoms with Crippen LogP contribution in [-0.2, 0) is 24.2 Å². The number of amides is 3. The smallest absolute Gasteiger partial charge is 0.309 e. The SMILES string of the molecule is Cc1nc2ccccc2nc1CN1CCC2(CC1)C(=O)N(C1Cc3ccccc3C1)C(=O)N2CC(C)C. The topological polar surface area (TPSA) is 69.6 Å². The number of fused-ring (bicyclic) bond motifs is 2. The molecule has 3 aromatic rings. The fourth-order valence-corrected chi connectivity index (χ4v) is 6.45. The molecule has 0 saturated carbocycles. The molecular weight excluding hydrogens is 462 g/mol. The highest BCUT2D eigenvalue weighted by Gasteiger charge is 2.59. The van der Waals surface area contributed by atoms with Crippen molar-refractivity contribution in [1.29, 1.82) is 0 Å². The van der Waals surface area contributed by atoms with Crippen LogP contribution in [0, 0.1) is 12.8 Å². The summed E-state index contributed by atoms with van der Waals surface area (Å²) in [6, 6.07) is 16.1. The number of imide groups is 1. The second-order valence-corrected chi connectivity index (χ2v) is 11.3. The van der Waals surface area contributed by atoms with E-state index in [0.29, 0.717) is 31.8 Å². The van der Waals surface area contributed by atoms with Crippen molar-refractivity contribution in [3.05, 3.63) is 71.0 Å². The number of para-hydroxylation sites is 2. The van der Waals surface area contributed by atoms with E-state index in [9.17, 15) is 9.59 Å². The van der Waals surface area contributed by atoms with Gasteiger partial charge in [0.05, 0.1) is 22.4 Å². The minimum atomic E-state index is -0.739. The molecule has 1 aliphatic carbocycles. The fraction of sp³-hybridized carbons (Fsp3) is 0.467. The molecule has 3 heterocycles. The van der Waals surface area contributed by atoms with E-state index in [0.717, 1.165) is 48.4 Å². The predicted molar refractivity (Wildman–Crippen MR) is 143 cm³/mol. The van der Waals surface area contributed by atoms with Crippen molar-refractivity contribution in [3.8, 4) is 0 Å². The van der Waals surface area contributed by atoms with E-state index in [1.165, 1.54) is 11.1 Å². The zero-order chi connectivity index (χ0) is 25.7. The van der Waals surface area contributed by atoms with E-state index < -0.39 is 5.54 Å². The number of piperidine rings is 1. The number of aromatic nitrogens is 2. The van der Waals surface area contributed by atoms with Gasteiger partial charge in [0.15, 0.2) is 0 Å². The Labute approximate surface area is 218 Å². The first-order chi connectivity index (χ1) is 17.9. The average Bonchev–Trinajstić information content (AvgIpc) is 3.39. The largest absolute Gasteiger partial charge is 0.327 e. The molecule has 3 aliphatic rings. The number of hydrogen-bond donors (Lipinski definition) is 0. The van der Waals surface area contributed by atoms with Crippen LogP contribution in [0.5, 0.6) is 0 Å². The van der Waals surface area contributed by atoms with E-state index in [-0.39, 0.29) is 18.0 Å². The molecular formula is C30H35N5O2. The maximum absolute atomic E-state index is 14.1. The summed E-state index contributed by atoms with van der Waals surface area (Å²) in [5.74, 6) is 0.306. The van der Waals surface area contributed by atoms with Crippen LogP contribution in [0.3, 0.4) is 0 Å². The molecule has 7 heteroatoms. The lowest BCUT2D eigenvalue weighted by molar-refractivity contribution is -0.137. The van der Waals surface area contributed by atoms with E-state index in [1.807, 2.05) is 48.2 Å². The minimum absolute atomic E-state index is 0.0114. The average molecular weight is 498 g/mol. The van der Waals surface area contributed by atoms with Gasteiger partial charge in [0, 0.05) is 32.2 Å². The molecule has 2 aromatic carbocycles. The van der Waals surface area contributed by atoms with Gasteiger partial charge >= 0.3 is 6.03 Å². The lowest BCUT2D eigenvalue weighted by Crippen LogP contribution is -2.57. The second kappa shape index (κ2) is 9.21. The Balaban J connectivity index is 1.22. The van der Waals surface area contributed by atoms with Gasteiger partial charge in [0.1, 0.15) is 5.54 Å². The first kappa shape index (κ1) is 24.0. The predicted octanol–water partition coefficient (Wildman–Crippen LogP) is 4.36. The van der Waals surface area contributed by atoms with Crippen LogP contribution >= 0.6 is 0 Å². The Morgan fingerprint density at radius 3 is 2.14 bits per heavy atom. The Morgan fingerprint density at radius 1 is 0.919 bits per heavy atom. The molecule has 37 heavy (non-hydrogen) atoms. The van der Waals surface area contributed by atoms with E-state index in [1.54, 1.807) is 4.90 Å². The summed E-state index contributed by atoms with van der Waals surface area (Å²) in [5, 5.41) is 0. The molecule has 1 aromatic heterocycles. The molecule has 2 fully saturated rings. The van der Waals surface area contributed by atoms with Crippen LogP contribution in [0.15, 0.2) is 48.5 Å². The van der Waals surface area contributed by atoms with Gasteiger partial charge < -0.3 is 4.90 Å². The summed E-state index contributed by atoms with van der Waals surface area (Å²) in [7, 11) is 0. The third-order valence-corrected chi connectivity index (χ3v) is 8.41. The number of aryl methyl sites for hydroxylation is 1. The standard InChI is InChI=1S/C30H35N5O2/c1-20(2)18-34-29(37)35(24-16-22-8-4-5-9-23(22)17-24)28(36)30(34)12-14-33(15-13-30)19-27-21(3)31-25-10-6-7-11-26(25)32-27/h4-11,20,24H,12-19H2,1-3H3. The number of rotatable bonds is 5. The maximum Gasteiger partial charge on any atom is 0.327 e. The monoisotopic (exact) mass is 497 g/mol. The molecule has 2 saturated heterocycles. The van der Waals surface area contributed by atoms with Crippen molar-refractivity contribution in [2.24, 2.45) is 5.92 Å². The number of hydrogen-bond acceptors (Lipinski definition) is 5. The van der Waals surface area contributed by atoms with Crippen molar-refractivity contribution in [2.45, 2.75) is 64.6 Å². The van der Waals surface area contributed by atoms with Crippen LogP contribution in [0.25, 0.3) is 11.0 Å². The molecule has 1 spiro atoms. The van der Waals surface area contributed by atoms with Crippen molar-refractivity contribution in [2.75, 3.05) is 19.6 Å². The Hall–Kier alpha value is -3.32. The Kier molecular flexibility index (Phi) is 5.98. The number of carbonyl (C=O) groups excluding carboxylic acids is 2. The van der Waals surface area contributed by atoms with Gasteiger partial charge in [-0.3, -0.25) is 14.6 Å². The van der Waals surface area contributed by atoms with Gasteiger partial charge in [0.2, 0.25) is 0 Å². The molecule has 3 amide bonds. The normalized spacial score (nSPS) is 20.1. The molecule has 2 aliphatic heterocycles. The summed E-state index contributed by atoms with van der Waals surface area (Å²) >= 11 is 0. The first-order valence-corrected chi connectivity index (χ1v) is 13.5. The van der Waals surface area contributed by atoms with Crippen LogP contribution < -0.4 is 0 Å². The summed E-state index contributed by atoms with van der Waals surface area (Å²) < 4.78 is 0. The zero-order valence-corrected chi connectivity index (χ0v) is 22.0. The first-order valence-electron chi connectivity index (χ1n) is 13.5. The molecule has 6 rings (SSSR count). The number of benzene rings is 2. The van der Waals surface area contributed by atoms with Crippen molar-refractivity contribution in [1.82, 2.24) is 24.7 Å². The van der Waals surface area contributed by atoms with Crippen LogP contribution in [0.1, 0.15) is 49.2 Å². The lowest BCUT2D eigenvalue weighted by Gasteiger charge is -2.42. The number of carbonyl (C=O) groups is 2. The van der Waals surface area contributed by atoms with Crippen molar-refractivity contribution in [3.63, 3.8) is 0 Å². The Bertz CT molecular complexity index is 1340. The molecule has 0 bridgehead atoms. The van der Waals surface area contributed by atoms with Gasteiger partial charge in [0.25, 0.3) is 5.91 Å². The lowest BCUT2D eigenvalue weighted by atomic mass is 9.85. The summed E-state index contributed by atoms with van der Waals surface area (Å²) in [6.07, 6.45) is 2.82. The summed E-state index contributed by atoms with van der Waals surface area (Å²) in [6.45, 7) is 9.07. The molecule has 0 N–H and O–H groups in total. The highest BCUT2D eigenvalue weighted by Crippen LogP contribution is 2.41. The molecule has 0 radical (unpaired) electrons. The molecule has 0 atom stereocenters. The highest BCUT2D eigenvalue weighted by molar-refractivity contribution is 6.07. The fourth-order valence-electron chi connectivity index (χ4n) is 6.45. The van der Waals surface area contributed by atoms with Gasteiger partial charge in [-0.25, -0.2) is 14.8 Å².